The van der Waals surface area contributed by atoms with Crippen molar-refractivity contribution in [3.63, 3.8) is 0 Å². The lowest BCUT2D eigenvalue weighted by molar-refractivity contribution is 0.374. The van der Waals surface area contributed by atoms with Gasteiger partial charge in [-0.1, -0.05) is 12.1 Å². The van der Waals surface area contributed by atoms with Gasteiger partial charge in [-0.05, 0) is 43.2 Å². The molecule has 0 spiro atoms. The maximum Gasteiger partial charge on any atom is 0.417 e. The second-order valence-electron chi connectivity index (χ2n) is 7.30. The Hall–Kier alpha value is -3.24. The maximum absolute atomic E-state index is 13.4. The summed E-state index contributed by atoms with van der Waals surface area (Å²) in [6.45, 7) is 0.315. The summed E-state index contributed by atoms with van der Waals surface area (Å²) in [4.78, 5) is 31.3. The van der Waals surface area contributed by atoms with Crippen molar-refractivity contribution in [1.29, 1.82) is 0 Å². The van der Waals surface area contributed by atoms with E-state index in [1.807, 2.05) is 0 Å². The van der Waals surface area contributed by atoms with Gasteiger partial charge in [0, 0.05) is 13.6 Å². The number of hydrogen-bond donors (Lipinski definition) is 1. The van der Waals surface area contributed by atoms with Gasteiger partial charge in [0.25, 0.3) is 5.56 Å². The second kappa shape index (κ2) is 6.64. The Morgan fingerprint density at radius 3 is 2.80 bits per heavy atom. The molecule has 4 aromatic rings. The van der Waals surface area contributed by atoms with Crippen LogP contribution >= 0.6 is 0 Å². The largest absolute Gasteiger partial charge is 0.417 e. The summed E-state index contributed by atoms with van der Waals surface area (Å²) in [7, 11) is -2.27. The van der Waals surface area contributed by atoms with E-state index in [-0.39, 0.29) is 16.0 Å². The second-order valence-corrected chi connectivity index (χ2v) is 9.19. The van der Waals surface area contributed by atoms with Gasteiger partial charge < -0.3 is 4.42 Å². The van der Waals surface area contributed by atoms with Crippen molar-refractivity contribution in [3.8, 4) is 0 Å². The van der Waals surface area contributed by atoms with Crippen LogP contribution in [0.5, 0.6) is 0 Å². The van der Waals surface area contributed by atoms with Crippen LogP contribution in [-0.2, 0) is 17.1 Å². The van der Waals surface area contributed by atoms with Crippen LogP contribution in [0, 0.1) is 0 Å². The average molecular weight is 426 g/mol. The predicted octanol–water partition coefficient (Wildman–Crippen LogP) is 1.89. The van der Waals surface area contributed by atoms with Crippen molar-refractivity contribution in [2.75, 3.05) is 6.54 Å². The molecule has 3 heterocycles. The maximum atomic E-state index is 13.4. The minimum Gasteiger partial charge on any atom is -0.408 e. The number of benzene rings is 2. The molecule has 5 rings (SSSR count). The van der Waals surface area contributed by atoms with E-state index in [9.17, 15) is 18.0 Å². The van der Waals surface area contributed by atoms with Crippen molar-refractivity contribution in [2.45, 2.75) is 23.8 Å². The lowest BCUT2D eigenvalue weighted by Gasteiger charge is -2.25. The Morgan fingerprint density at radius 2 is 1.97 bits per heavy atom. The highest BCUT2D eigenvalue weighted by Crippen LogP contribution is 2.36. The molecule has 0 aliphatic carbocycles. The summed E-state index contributed by atoms with van der Waals surface area (Å²) in [6, 6.07) is 10.7. The molecule has 1 unspecified atom stereocenters. The molecule has 1 saturated heterocycles. The van der Waals surface area contributed by atoms with Gasteiger partial charge in [-0.15, -0.1) is 0 Å². The summed E-state index contributed by atoms with van der Waals surface area (Å²) < 4.78 is 34.6. The van der Waals surface area contributed by atoms with Crippen LogP contribution in [0.4, 0.5) is 0 Å². The molecule has 0 radical (unpaired) electrons. The fraction of sp³-hybridized carbons (Fsp3) is 0.250. The molecular weight excluding hydrogens is 408 g/mol. The van der Waals surface area contributed by atoms with E-state index in [2.05, 4.69) is 9.97 Å². The zero-order chi connectivity index (χ0) is 21.0. The Bertz CT molecular complexity index is 1520. The van der Waals surface area contributed by atoms with Gasteiger partial charge in [0.2, 0.25) is 10.0 Å². The van der Waals surface area contributed by atoms with E-state index in [1.165, 1.54) is 27.1 Å². The van der Waals surface area contributed by atoms with Crippen molar-refractivity contribution in [2.24, 2.45) is 7.05 Å². The molecule has 9 nitrogen and oxygen atoms in total. The van der Waals surface area contributed by atoms with Gasteiger partial charge in [-0.2, -0.15) is 4.31 Å². The minimum atomic E-state index is -3.89. The van der Waals surface area contributed by atoms with Gasteiger partial charge in [-0.25, -0.2) is 18.2 Å². The monoisotopic (exact) mass is 426 g/mol. The molecule has 10 heteroatoms. The van der Waals surface area contributed by atoms with E-state index in [0.29, 0.717) is 41.6 Å². The van der Waals surface area contributed by atoms with Crippen molar-refractivity contribution in [1.82, 2.24) is 18.8 Å². The Morgan fingerprint density at radius 1 is 1.17 bits per heavy atom. The van der Waals surface area contributed by atoms with Crippen LogP contribution < -0.4 is 11.3 Å². The zero-order valence-electron chi connectivity index (χ0n) is 16.0. The van der Waals surface area contributed by atoms with Crippen molar-refractivity contribution < 1.29 is 12.8 Å². The number of nitrogens with zero attached hydrogens (tertiary/aromatic N) is 3. The third-order valence-corrected chi connectivity index (χ3v) is 7.42. The average Bonchev–Trinajstić information content (AvgIpc) is 3.36. The number of aromatic amines is 1. The first-order valence-electron chi connectivity index (χ1n) is 9.46. The molecule has 1 atom stereocenters. The number of para-hydroxylation sites is 1. The number of hydrogen-bond acceptors (Lipinski definition) is 6. The van der Waals surface area contributed by atoms with Crippen LogP contribution in [0.3, 0.4) is 0 Å². The number of fused-ring (bicyclic) bond motifs is 2. The molecule has 30 heavy (non-hydrogen) atoms. The number of H-pyrrole nitrogens is 1. The van der Waals surface area contributed by atoms with Gasteiger partial charge >= 0.3 is 5.76 Å². The van der Waals surface area contributed by atoms with Crippen LogP contribution in [0.2, 0.25) is 0 Å². The third-order valence-electron chi connectivity index (χ3n) is 5.52. The van der Waals surface area contributed by atoms with E-state index in [4.69, 9.17) is 4.42 Å². The van der Waals surface area contributed by atoms with Crippen LogP contribution in [0.15, 0.2) is 61.4 Å². The first-order chi connectivity index (χ1) is 14.4. The molecule has 0 saturated carbocycles. The lowest BCUT2D eigenvalue weighted by Crippen LogP contribution is -2.34. The molecule has 0 amide bonds. The van der Waals surface area contributed by atoms with Gasteiger partial charge in [0.15, 0.2) is 5.58 Å². The third kappa shape index (κ3) is 2.79. The topological polar surface area (TPSA) is 118 Å². The van der Waals surface area contributed by atoms with Crippen LogP contribution in [-0.4, -0.2) is 33.8 Å². The number of nitrogens with one attached hydrogen (secondary N) is 1. The molecule has 1 N–H and O–H groups in total. The molecule has 1 aliphatic rings. The highest BCUT2D eigenvalue weighted by atomic mass is 32.2. The van der Waals surface area contributed by atoms with Gasteiger partial charge in [-0.3, -0.25) is 14.3 Å². The van der Waals surface area contributed by atoms with E-state index >= 15 is 0 Å². The molecule has 154 valence electrons. The Balaban J connectivity index is 1.62. The number of aromatic nitrogens is 3. The zero-order valence-corrected chi connectivity index (χ0v) is 16.8. The highest BCUT2D eigenvalue weighted by Gasteiger charge is 2.38. The minimum absolute atomic E-state index is 0.0461. The molecule has 2 aromatic carbocycles. The molecule has 1 fully saturated rings. The summed E-state index contributed by atoms with van der Waals surface area (Å²) in [5, 5.41) is 0.491. The molecular formula is C20H18N4O5S. The molecule has 1 aliphatic heterocycles. The van der Waals surface area contributed by atoms with Gasteiger partial charge in [0.05, 0.1) is 27.4 Å². The molecule has 2 aromatic heterocycles. The number of rotatable bonds is 3. The smallest absolute Gasteiger partial charge is 0.408 e. The van der Waals surface area contributed by atoms with E-state index in [0.717, 1.165) is 0 Å². The van der Waals surface area contributed by atoms with Gasteiger partial charge in [0.1, 0.15) is 5.82 Å². The summed E-state index contributed by atoms with van der Waals surface area (Å²) >= 11 is 0. The van der Waals surface area contributed by atoms with E-state index < -0.39 is 21.8 Å². The van der Waals surface area contributed by atoms with Crippen molar-refractivity contribution >= 4 is 32.0 Å². The lowest BCUT2D eigenvalue weighted by atomic mass is 10.2. The Kier molecular flexibility index (Phi) is 4.16. The summed E-state index contributed by atoms with van der Waals surface area (Å²) in [6.07, 6.45) is 1.21. The summed E-state index contributed by atoms with van der Waals surface area (Å²) in [5.74, 6) is -0.230. The van der Waals surface area contributed by atoms with E-state index in [1.54, 1.807) is 31.3 Å². The molecule has 0 bridgehead atoms. The normalized spacial score (nSPS) is 17.8. The number of oxazole rings is 1. The predicted molar refractivity (Wildman–Crippen MR) is 110 cm³/mol. The van der Waals surface area contributed by atoms with Crippen LogP contribution in [0.25, 0.3) is 22.0 Å². The first-order valence-corrected chi connectivity index (χ1v) is 10.9. The fourth-order valence-corrected chi connectivity index (χ4v) is 5.73. The Labute approximate surface area is 170 Å². The number of sulfonamides is 1. The SMILES string of the molecule is Cn1c(C2CCCN2S(=O)(=O)c2ccc3oc(=O)[nH]c3c2)nc2ccccc2c1=O. The standard InChI is InChI=1S/C20H18N4O5S/c1-23-18(21-14-6-3-2-5-13(14)19(23)25)16-7-4-10-24(16)30(27,28)12-8-9-17-15(11-12)22-20(26)29-17/h2-3,5-6,8-9,11,16H,4,7,10H2,1H3,(H,22,26). The summed E-state index contributed by atoms with van der Waals surface area (Å²) in [5.41, 5.74) is 0.929. The van der Waals surface area contributed by atoms with Crippen molar-refractivity contribution in [3.05, 3.63) is 69.2 Å². The highest BCUT2D eigenvalue weighted by molar-refractivity contribution is 7.89. The quantitative estimate of drug-likeness (QED) is 0.534. The first kappa shape index (κ1) is 18.8. The fourth-order valence-electron chi connectivity index (χ4n) is 4.05. The van der Waals surface area contributed by atoms with Crippen LogP contribution in [0.1, 0.15) is 24.7 Å².